The molecule has 35 heavy (non-hydrogen) atoms. The Labute approximate surface area is 206 Å². The molecule has 0 saturated heterocycles. The summed E-state index contributed by atoms with van der Waals surface area (Å²) in [5.41, 5.74) is 5.81. The molecule has 0 fully saturated rings. The van der Waals surface area contributed by atoms with Crippen LogP contribution in [0, 0.1) is 11.3 Å². The van der Waals surface area contributed by atoms with Crippen molar-refractivity contribution in [2.24, 2.45) is 5.10 Å². The minimum atomic E-state index is -0.378. The predicted octanol–water partition coefficient (Wildman–Crippen LogP) is 5.33. The van der Waals surface area contributed by atoms with Crippen molar-refractivity contribution in [1.82, 2.24) is 5.43 Å². The summed E-state index contributed by atoms with van der Waals surface area (Å²) in [6, 6.07) is 22.4. The Balaban J connectivity index is 1.52. The first kappa shape index (κ1) is 25.3. The molecule has 0 unspecified atom stereocenters. The van der Waals surface area contributed by atoms with Gasteiger partial charge in [0.2, 0.25) is 0 Å². The second kappa shape index (κ2) is 13.4. The number of nitrogens with one attached hydrogen (secondary N) is 1. The van der Waals surface area contributed by atoms with Crippen molar-refractivity contribution in [2.75, 3.05) is 19.8 Å². The summed E-state index contributed by atoms with van der Waals surface area (Å²) in [5.74, 6) is 1.57. The van der Waals surface area contributed by atoms with Crippen molar-refractivity contribution < 1.29 is 19.0 Å². The van der Waals surface area contributed by atoms with Crippen molar-refractivity contribution in [2.45, 2.75) is 26.7 Å². The summed E-state index contributed by atoms with van der Waals surface area (Å²) in [7, 11) is 0. The van der Waals surface area contributed by atoms with Gasteiger partial charge in [0.15, 0.2) is 6.61 Å². The molecule has 0 bridgehead atoms. The highest BCUT2D eigenvalue weighted by atomic mass is 16.5. The largest absolute Gasteiger partial charge is 0.493 e. The van der Waals surface area contributed by atoms with E-state index in [1.54, 1.807) is 30.5 Å². The molecule has 0 spiro atoms. The summed E-state index contributed by atoms with van der Waals surface area (Å²) in [6.45, 7) is 5.12. The fourth-order valence-corrected chi connectivity index (χ4v) is 3.10. The van der Waals surface area contributed by atoms with Gasteiger partial charge in [-0.05, 0) is 60.4 Å². The highest BCUT2D eigenvalue weighted by molar-refractivity contribution is 5.85. The molecule has 0 aromatic heterocycles. The molecule has 7 nitrogen and oxygen atoms in total. The average molecular weight is 472 g/mol. The summed E-state index contributed by atoms with van der Waals surface area (Å²) in [4.78, 5) is 12.2. The molecule has 0 atom stereocenters. The lowest BCUT2D eigenvalue weighted by atomic mass is 10.0. The molecule has 1 N–H and O–H groups in total. The average Bonchev–Trinajstić information content (AvgIpc) is 2.90. The van der Waals surface area contributed by atoms with Crippen LogP contribution in [0.15, 0.2) is 71.8 Å². The van der Waals surface area contributed by atoms with Crippen LogP contribution in [0.3, 0.4) is 0 Å². The first-order chi connectivity index (χ1) is 17.1. The lowest BCUT2D eigenvalue weighted by molar-refractivity contribution is -0.123. The molecule has 0 aliphatic heterocycles. The smallest absolute Gasteiger partial charge is 0.277 e. The van der Waals surface area contributed by atoms with Gasteiger partial charge < -0.3 is 14.2 Å². The summed E-state index contributed by atoms with van der Waals surface area (Å²) in [5, 5.41) is 12.9. The highest BCUT2D eigenvalue weighted by Gasteiger charge is 2.06. The molecule has 7 heteroatoms. The molecule has 3 aromatic carbocycles. The Bertz CT molecular complexity index is 1170. The Hall–Kier alpha value is -4.31. The molecule has 0 saturated carbocycles. The zero-order chi connectivity index (χ0) is 24.9. The van der Waals surface area contributed by atoms with Gasteiger partial charge in [0.25, 0.3) is 5.91 Å². The number of hydrazone groups is 1. The number of ether oxygens (including phenoxy) is 3. The van der Waals surface area contributed by atoms with Gasteiger partial charge in [-0.1, -0.05) is 38.1 Å². The van der Waals surface area contributed by atoms with E-state index in [2.05, 4.69) is 23.5 Å². The van der Waals surface area contributed by atoms with Crippen LogP contribution in [-0.4, -0.2) is 31.9 Å². The quantitative estimate of drug-likeness (QED) is 0.285. The minimum Gasteiger partial charge on any atom is -0.493 e. The van der Waals surface area contributed by atoms with Gasteiger partial charge in [-0.15, -0.1) is 0 Å². The van der Waals surface area contributed by atoms with Gasteiger partial charge in [-0.3, -0.25) is 4.79 Å². The summed E-state index contributed by atoms with van der Waals surface area (Å²) in [6.07, 6.45) is 3.34. The number of amides is 1. The van der Waals surface area contributed by atoms with Crippen LogP contribution < -0.4 is 19.6 Å². The van der Waals surface area contributed by atoms with Crippen molar-refractivity contribution in [1.29, 1.82) is 5.26 Å². The third-order valence-corrected chi connectivity index (χ3v) is 4.88. The van der Waals surface area contributed by atoms with Crippen LogP contribution >= 0.6 is 0 Å². The lowest BCUT2D eigenvalue weighted by Crippen LogP contribution is -2.24. The van der Waals surface area contributed by atoms with Gasteiger partial charge in [0.1, 0.15) is 17.2 Å². The fourth-order valence-electron chi connectivity index (χ4n) is 3.10. The van der Waals surface area contributed by atoms with E-state index in [1.165, 1.54) is 0 Å². The summed E-state index contributed by atoms with van der Waals surface area (Å²) < 4.78 is 17.0. The Morgan fingerprint density at radius 3 is 2.17 bits per heavy atom. The molecule has 3 aromatic rings. The van der Waals surface area contributed by atoms with Crippen LogP contribution in [0.25, 0.3) is 11.1 Å². The van der Waals surface area contributed by atoms with Gasteiger partial charge in [0, 0.05) is 11.6 Å². The van der Waals surface area contributed by atoms with Crippen molar-refractivity contribution in [3.05, 3.63) is 77.9 Å². The van der Waals surface area contributed by atoms with E-state index in [4.69, 9.17) is 19.5 Å². The van der Waals surface area contributed by atoms with E-state index < -0.39 is 0 Å². The maximum absolute atomic E-state index is 12.2. The van der Waals surface area contributed by atoms with Crippen LogP contribution in [-0.2, 0) is 4.79 Å². The molecule has 1 amide bonds. The number of rotatable bonds is 12. The van der Waals surface area contributed by atoms with Gasteiger partial charge >= 0.3 is 0 Å². The monoisotopic (exact) mass is 471 g/mol. The zero-order valence-electron chi connectivity index (χ0n) is 20.0. The molecule has 0 aliphatic carbocycles. The van der Waals surface area contributed by atoms with E-state index in [1.807, 2.05) is 49.4 Å². The van der Waals surface area contributed by atoms with Gasteiger partial charge in [-0.25, -0.2) is 5.43 Å². The van der Waals surface area contributed by atoms with Crippen molar-refractivity contribution in [3.8, 4) is 34.4 Å². The van der Waals surface area contributed by atoms with E-state index in [0.29, 0.717) is 30.3 Å². The van der Waals surface area contributed by atoms with Crippen LogP contribution in [0.4, 0.5) is 0 Å². The van der Waals surface area contributed by atoms with Crippen LogP contribution in [0.2, 0.25) is 0 Å². The van der Waals surface area contributed by atoms with E-state index in [-0.39, 0.29) is 12.5 Å². The van der Waals surface area contributed by atoms with Crippen LogP contribution in [0.1, 0.15) is 37.8 Å². The molecule has 0 aliphatic rings. The first-order valence-corrected chi connectivity index (χ1v) is 11.6. The maximum Gasteiger partial charge on any atom is 0.277 e. The minimum absolute atomic E-state index is 0.170. The molecule has 180 valence electrons. The summed E-state index contributed by atoms with van der Waals surface area (Å²) >= 11 is 0. The zero-order valence-corrected chi connectivity index (χ0v) is 20.0. The topological polar surface area (TPSA) is 92.9 Å². The first-order valence-electron chi connectivity index (χ1n) is 11.6. The Morgan fingerprint density at radius 1 is 0.886 bits per heavy atom. The number of benzene rings is 3. The van der Waals surface area contributed by atoms with Crippen LogP contribution in [0.5, 0.6) is 17.2 Å². The van der Waals surface area contributed by atoms with E-state index >= 15 is 0 Å². The predicted molar refractivity (Wildman–Crippen MR) is 136 cm³/mol. The Morgan fingerprint density at radius 2 is 1.51 bits per heavy atom. The standard InChI is InChI=1S/C28H29N3O4/c1-3-15-33-26-14-11-24(27(17-26)34-16-4-2)19-30-31-28(32)20-35-25-12-9-23(10-13-25)22-7-5-21(18-29)6-8-22/h5-14,17,19H,3-4,15-16,20H2,1-2H3,(H,31,32). The lowest BCUT2D eigenvalue weighted by Gasteiger charge is -2.11. The fraction of sp³-hybridized carbons (Fsp3) is 0.250. The number of carbonyl (C=O) groups excluding carboxylic acids is 1. The SMILES string of the molecule is CCCOc1ccc(C=NNC(=O)COc2ccc(-c3ccc(C#N)cc3)cc2)c(OCCC)c1. The second-order valence-corrected chi connectivity index (χ2v) is 7.69. The van der Waals surface area contributed by atoms with E-state index in [9.17, 15) is 4.79 Å². The molecule has 0 radical (unpaired) electrons. The van der Waals surface area contributed by atoms with Crippen molar-refractivity contribution in [3.63, 3.8) is 0 Å². The number of hydrogen-bond donors (Lipinski definition) is 1. The number of nitriles is 1. The van der Waals surface area contributed by atoms with Gasteiger partial charge in [-0.2, -0.15) is 10.4 Å². The number of hydrogen-bond acceptors (Lipinski definition) is 6. The van der Waals surface area contributed by atoms with Crippen molar-refractivity contribution >= 4 is 12.1 Å². The molecular formula is C28H29N3O4. The third-order valence-electron chi connectivity index (χ3n) is 4.88. The number of carbonyl (C=O) groups is 1. The molecule has 0 heterocycles. The highest BCUT2D eigenvalue weighted by Crippen LogP contribution is 2.25. The molecular weight excluding hydrogens is 442 g/mol. The second-order valence-electron chi connectivity index (χ2n) is 7.69. The third kappa shape index (κ3) is 7.90. The van der Waals surface area contributed by atoms with Gasteiger partial charge in [0.05, 0.1) is 31.1 Å². The molecule has 3 rings (SSSR count). The maximum atomic E-state index is 12.2. The Kier molecular flexibility index (Phi) is 9.70. The normalized spacial score (nSPS) is 10.5. The van der Waals surface area contributed by atoms with E-state index in [0.717, 1.165) is 35.3 Å². The number of nitrogens with zero attached hydrogens (tertiary/aromatic N) is 2.